The van der Waals surface area contributed by atoms with E-state index in [1.54, 1.807) is 0 Å². The second-order valence-electron chi connectivity index (χ2n) is 3.16. The fourth-order valence-electron chi connectivity index (χ4n) is 1.57. The van der Waals surface area contributed by atoms with E-state index in [1.165, 1.54) is 19.2 Å². The molecule has 1 atom stereocenters. The fraction of sp³-hybridized carbons (Fsp3) is 0.200. The smallest absolute Gasteiger partial charge is 0.333 e. The minimum Gasteiger partial charge on any atom is -0.467 e. The molecule has 15 heavy (non-hydrogen) atoms. The fourth-order valence-corrected chi connectivity index (χ4v) is 1.57. The molecule has 0 fully saturated rings. The summed E-state index contributed by atoms with van der Waals surface area (Å²) in [6.45, 7) is 0. The van der Waals surface area contributed by atoms with Crippen molar-refractivity contribution in [2.24, 2.45) is 0 Å². The Bertz CT molecular complexity index is 444. The topological polar surface area (TPSA) is 55.4 Å². The van der Waals surface area contributed by atoms with Gasteiger partial charge in [0.1, 0.15) is 5.82 Å². The lowest BCUT2D eigenvalue weighted by molar-refractivity contribution is -0.142. The number of benzene rings is 1. The molecule has 5 heteroatoms. The number of nitrogens with one attached hydrogen (secondary N) is 1. The van der Waals surface area contributed by atoms with Crippen LogP contribution in [-0.4, -0.2) is 19.0 Å². The maximum absolute atomic E-state index is 12.8. The predicted molar refractivity (Wildman–Crippen MR) is 48.6 cm³/mol. The Hall–Kier alpha value is -1.91. The molecule has 1 unspecified atom stereocenters. The first kappa shape index (κ1) is 9.64. The van der Waals surface area contributed by atoms with Crippen LogP contribution in [0.3, 0.4) is 0 Å². The summed E-state index contributed by atoms with van der Waals surface area (Å²) in [6, 6.07) is 2.89. The second-order valence-corrected chi connectivity index (χ2v) is 3.16. The van der Waals surface area contributed by atoms with Gasteiger partial charge in [0.2, 0.25) is 0 Å². The molecule has 0 bridgehead atoms. The van der Waals surface area contributed by atoms with Gasteiger partial charge in [0.15, 0.2) is 6.04 Å². The Morgan fingerprint density at radius 3 is 2.93 bits per heavy atom. The van der Waals surface area contributed by atoms with Crippen molar-refractivity contribution >= 4 is 11.9 Å². The summed E-state index contributed by atoms with van der Waals surface area (Å²) in [7, 11) is 1.23. The Morgan fingerprint density at radius 1 is 1.53 bits per heavy atom. The first-order valence-electron chi connectivity index (χ1n) is 4.31. The third kappa shape index (κ3) is 1.45. The van der Waals surface area contributed by atoms with Crippen molar-refractivity contribution in [1.82, 2.24) is 5.32 Å². The van der Waals surface area contributed by atoms with E-state index in [0.717, 1.165) is 6.07 Å². The number of hydrogen-bond donors (Lipinski definition) is 1. The second kappa shape index (κ2) is 3.34. The molecule has 0 radical (unpaired) electrons. The highest BCUT2D eigenvalue weighted by molar-refractivity contribution is 6.03. The number of hydrogen-bond acceptors (Lipinski definition) is 3. The number of amides is 1. The third-order valence-electron chi connectivity index (χ3n) is 2.28. The van der Waals surface area contributed by atoms with Crippen molar-refractivity contribution in [1.29, 1.82) is 0 Å². The summed E-state index contributed by atoms with van der Waals surface area (Å²) >= 11 is 0. The monoisotopic (exact) mass is 209 g/mol. The Morgan fingerprint density at radius 2 is 2.27 bits per heavy atom. The average molecular weight is 209 g/mol. The molecule has 1 aliphatic heterocycles. The molecule has 0 saturated heterocycles. The van der Waals surface area contributed by atoms with E-state index < -0.39 is 23.7 Å². The molecule has 0 saturated carbocycles. The summed E-state index contributed by atoms with van der Waals surface area (Å²) in [6.07, 6.45) is 0. The number of carbonyl (C=O) groups is 2. The van der Waals surface area contributed by atoms with Crippen LogP contribution in [0.5, 0.6) is 0 Å². The van der Waals surface area contributed by atoms with E-state index >= 15 is 0 Å². The van der Waals surface area contributed by atoms with Crippen molar-refractivity contribution < 1.29 is 18.7 Å². The van der Waals surface area contributed by atoms with Crippen molar-refractivity contribution in [3.05, 3.63) is 35.1 Å². The predicted octanol–water partition coefficient (Wildman–Crippen LogP) is 0.783. The molecule has 2 rings (SSSR count). The van der Waals surface area contributed by atoms with Crippen LogP contribution in [0.4, 0.5) is 4.39 Å². The van der Waals surface area contributed by atoms with E-state index in [2.05, 4.69) is 10.1 Å². The molecular weight excluding hydrogens is 201 g/mol. The average Bonchev–Trinajstić information content (AvgIpc) is 2.55. The van der Waals surface area contributed by atoms with Gasteiger partial charge in [-0.3, -0.25) is 4.79 Å². The van der Waals surface area contributed by atoms with Crippen LogP contribution in [-0.2, 0) is 9.53 Å². The molecule has 1 heterocycles. The first-order valence-corrected chi connectivity index (χ1v) is 4.31. The lowest BCUT2D eigenvalue weighted by Gasteiger charge is -2.07. The lowest BCUT2D eigenvalue weighted by Crippen LogP contribution is -2.26. The van der Waals surface area contributed by atoms with E-state index in [0.29, 0.717) is 5.56 Å². The van der Waals surface area contributed by atoms with Crippen molar-refractivity contribution in [3.63, 3.8) is 0 Å². The van der Waals surface area contributed by atoms with E-state index in [9.17, 15) is 14.0 Å². The van der Waals surface area contributed by atoms with Crippen molar-refractivity contribution in [2.45, 2.75) is 6.04 Å². The Balaban J connectivity index is 2.47. The number of halogens is 1. The molecule has 1 N–H and O–H groups in total. The van der Waals surface area contributed by atoms with E-state index in [-0.39, 0.29) is 5.56 Å². The molecule has 0 aromatic heterocycles. The van der Waals surface area contributed by atoms with Gasteiger partial charge in [-0.25, -0.2) is 9.18 Å². The van der Waals surface area contributed by atoms with Crippen LogP contribution in [0.15, 0.2) is 18.2 Å². The zero-order valence-electron chi connectivity index (χ0n) is 7.91. The summed E-state index contributed by atoms with van der Waals surface area (Å²) in [5, 5.41) is 2.42. The molecule has 78 valence electrons. The minimum atomic E-state index is -0.821. The SMILES string of the molecule is COC(=O)C1NC(=O)c2cc(F)ccc21. The minimum absolute atomic E-state index is 0.186. The highest BCUT2D eigenvalue weighted by Crippen LogP contribution is 2.26. The molecule has 0 spiro atoms. The molecule has 1 amide bonds. The number of esters is 1. The largest absolute Gasteiger partial charge is 0.467 e. The van der Waals surface area contributed by atoms with Gasteiger partial charge >= 0.3 is 5.97 Å². The summed E-state index contributed by atoms with van der Waals surface area (Å²) in [4.78, 5) is 22.6. The maximum atomic E-state index is 12.8. The summed E-state index contributed by atoms with van der Waals surface area (Å²) in [5.41, 5.74) is 0.638. The molecule has 1 aromatic carbocycles. The third-order valence-corrected chi connectivity index (χ3v) is 2.28. The molecule has 4 nitrogen and oxygen atoms in total. The van der Waals surface area contributed by atoms with Gasteiger partial charge < -0.3 is 10.1 Å². The van der Waals surface area contributed by atoms with Gasteiger partial charge in [0.25, 0.3) is 5.91 Å². The van der Waals surface area contributed by atoms with Crippen LogP contribution < -0.4 is 5.32 Å². The number of carbonyl (C=O) groups excluding carboxylic acids is 2. The van der Waals surface area contributed by atoms with Gasteiger partial charge in [-0.2, -0.15) is 0 Å². The lowest BCUT2D eigenvalue weighted by atomic mass is 10.1. The van der Waals surface area contributed by atoms with Gasteiger partial charge in [0, 0.05) is 5.56 Å². The molecule has 1 aliphatic rings. The molecular formula is C10H8FNO3. The van der Waals surface area contributed by atoms with Crippen LogP contribution in [0, 0.1) is 5.82 Å². The number of rotatable bonds is 1. The normalized spacial score (nSPS) is 18.3. The van der Waals surface area contributed by atoms with Crippen molar-refractivity contribution in [2.75, 3.05) is 7.11 Å². The zero-order chi connectivity index (χ0) is 11.0. The Kier molecular flexibility index (Phi) is 2.15. The highest BCUT2D eigenvalue weighted by atomic mass is 19.1. The van der Waals surface area contributed by atoms with Gasteiger partial charge in [-0.15, -0.1) is 0 Å². The van der Waals surface area contributed by atoms with E-state index in [4.69, 9.17) is 0 Å². The zero-order valence-corrected chi connectivity index (χ0v) is 7.91. The quantitative estimate of drug-likeness (QED) is 0.695. The standard InChI is InChI=1S/C10H8FNO3/c1-15-10(14)8-6-3-2-5(11)4-7(6)9(13)12-8/h2-4,8H,1H3,(H,12,13). The first-order chi connectivity index (χ1) is 7.13. The van der Waals surface area contributed by atoms with Gasteiger partial charge in [-0.1, -0.05) is 6.07 Å². The van der Waals surface area contributed by atoms with Crippen LogP contribution >= 0.6 is 0 Å². The summed E-state index contributed by atoms with van der Waals surface area (Å²) in [5.74, 6) is -1.52. The number of methoxy groups -OCH3 is 1. The maximum Gasteiger partial charge on any atom is 0.333 e. The van der Waals surface area contributed by atoms with Crippen LogP contribution in [0.2, 0.25) is 0 Å². The van der Waals surface area contributed by atoms with Gasteiger partial charge in [0.05, 0.1) is 7.11 Å². The molecule has 0 aliphatic carbocycles. The number of ether oxygens (including phenoxy) is 1. The van der Waals surface area contributed by atoms with Gasteiger partial charge in [-0.05, 0) is 17.7 Å². The van der Waals surface area contributed by atoms with Crippen molar-refractivity contribution in [3.8, 4) is 0 Å². The van der Waals surface area contributed by atoms with Crippen LogP contribution in [0.1, 0.15) is 22.0 Å². The highest BCUT2D eigenvalue weighted by Gasteiger charge is 2.34. The molecule has 1 aromatic rings. The van der Waals surface area contributed by atoms with E-state index in [1.807, 2.05) is 0 Å². The van der Waals surface area contributed by atoms with Crippen LogP contribution in [0.25, 0.3) is 0 Å². The Labute approximate surface area is 85.0 Å². The number of fused-ring (bicyclic) bond motifs is 1. The summed E-state index contributed by atoms with van der Waals surface area (Å²) < 4.78 is 17.4.